The zero-order chi connectivity index (χ0) is 18.5. The molecule has 0 unspecified atom stereocenters. The molecule has 26 heavy (non-hydrogen) atoms. The molecule has 1 aromatic heterocycles. The topological polar surface area (TPSA) is 62.2 Å². The van der Waals surface area contributed by atoms with Crippen LogP contribution in [0.3, 0.4) is 0 Å². The molecule has 0 saturated carbocycles. The van der Waals surface area contributed by atoms with Gasteiger partial charge in [-0.3, -0.25) is 0 Å². The Morgan fingerprint density at radius 1 is 1.12 bits per heavy atom. The molecule has 5 heteroatoms. The van der Waals surface area contributed by atoms with Crippen molar-refractivity contribution in [3.63, 3.8) is 0 Å². The Kier molecular flexibility index (Phi) is 5.68. The number of benzene rings is 2. The molecule has 0 radical (unpaired) electrons. The molecule has 0 aliphatic heterocycles. The van der Waals surface area contributed by atoms with Crippen molar-refractivity contribution in [1.82, 2.24) is 4.98 Å². The standard InChI is InChI=1S/C21H21NO3S/c1-14(2)16-7-9-19(10-8-16)25-12-15-3-5-17(6-4-15)21-22-18(13-26-21)11-20(23)24/h3-10,13-14H,11-12H2,1-2H3,(H,23,24)/p-1. The molecule has 0 amide bonds. The summed E-state index contributed by atoms with van der Waals surface area (Å²) in [6.45, 7) is 4.83. The number of carboxylic acids is 1. The van der Waals surface area contributed by atoms with Crippen LogP contribution in [-0.4, -0.2) is 11.0 Å². The Labute approximate surface area is 157 Å². The molecule has 4 nitrogen and oxygen atoms in total. The number of carboxylic acid groups (broad SMARTS) is 1. The molecule has 0 fully saturated rings. The van der Waals surface area contributed by atoms with Gasteiger partial charge in [-0.15, -0.1) is 11.3 Å². The lowest BCUT2D eigenvalue weighted by Gasteiger charge is -2.09. The minimum atomic E-state index is -1.12. The molecule has 0 spiro atoms. The molecule has 134 valence electrons. The number of carbonyl (C=O) groups is 1. The van der Waals surface area contributed by atoms with Gasteiger partial charge in [0, 0.05) is 23.3 Å². The van der Waals surface area contributed by atoms with Crippen molar-refractivity contribution in [2.45, 2.75) is 32.8 Å². The highest BCUT2D eigenvalue weighted by atomic mass is 32.1. The molecule has 0 atom stereocenters. The Morgan fingerprint density at radius 2 is 1.81 bits per heavy atom. The third-order valence-corrected chi connectivity index (χ3v) is 4.97. The minimum absolute atomic E-state index is 0.155. The number of thiazole rings is 1. The van der Waals surface area contributed by atoms with Crippen molar-refractivity contribution in [1.29, 1.82) is 0 Å². The van der Waals surface area contributed by atoms with Gasteiger partial charge < -0.3 is 14.6 Å². The predicted octanol–water partition coefficient (Wildman–Crippen LogP) is 3.80. The van der Waals surface area contributed by atoms with Crippen LogP contribution in [0.5, 0.6) is 5.75 Å². The van der Waals surface area contributed by atoms with Gasteiger partial charge in [-0.25, -0.2) is 4.98 Å². The van der Waals surface area contributed by atoms with Gasteiger partial charge in [0.2, 0.25) is 0 Å². The average Bonchev–Trinajstić information content (AvgIpc) is 3.08. The summed E-state index contributed by atoms with van der Waals surface area (Å²) in [5.41, 5.74) is 3.85. The SMILES string of the molecule is CC(C)c1ccc(OCc2ccc(-c3nc(CC(=O)[O-])cs3)cc2)cc1. The molecule has 0 saturated heterocycles. The number of carbonyl (C=O) groups excluding carboxylic acids is 1. The smallest absolute Gasteiger partial charge is 0.123 e. The third kappa shape index (κ3) is 4.70. The van der Waals surface area contributed by atoms with Crippen LogP contribution < -0.4 is 9.84 Å². The molecule has 0 N–H and O–H groups in total. The van der Waals surface area contributed by atoms with E-state index in [4.69, 9.17) is 4.74 Å². The maximum Gasteiger partial charge on any atom is 0.123 e. The fourth-order valence-corrected chi connectivity index (χ4v) is 3.35. The highest BCUT2D eigenvalue weighted by Gasteiger charge is 2.06. The Morgan fingerprint density at radius 3 is 2.42 bits per heavy atom. The van der Waals surface area contributed by atoms with Gasteiger partial charge >= 0.3 is 0 Å². The lowest BCUT2D eigenvalue weighted by atomic mass is 10.0. The maximum atomic E-state index is 10.6. The summed E-state index contributed by atoms with van der Waals surface area (Å²) in [5, 5.41) is 13.2. The number of hydrogen-bond donors (Lipinski definition) is 0. The Bertz CT molecular complexity index is 867. The second-order valence-corrected chi connectivity index (χ2v) is 7.26. The maximum absolute atomic E-state index is 10.6. The van der Waals surface area contributed by atoms with Crippen molar-refractivity contribution in [3.8, 4) is 16.3 Å². The van der Waals surface area contributed by atoms with Crippen LogP contribution >= 0.6 is 11.3 Å². The molecular weight excluding hydrogens is 346 g/mol. The lowest BCUT2D eigenvalue weighted by Crippen LogP contribution is -2.24. The number of rotatable bonds is 7. The van der Waals surface area contributed by atoms with Gasteiger partial charge in [0.15, 0.2) is 0 Å². The predicted molar refractivity (Wildman–Crippen MR) is 101 cm³/mol. The Balaban J connectivity index is 1.60. The van der Waals surface area contributed by atoms with Crippen molar-refractivity contribution in [2.75, 3.05) is 0 Å². The lowest BCUT2D eigenvalue weighted by molar-refractivity contribution is -0.304. The first kappa shape index (κ1) is 18.1. The van der Waals surface area contributed by atoms with Gasteiger partial charge in [0.05, 0.1) is 5.69 Å². The number of aromatic nitrogens is 1. The van der Waals surface area contributed by atoms with Crippen LogP contribution in [-0.2, 0) is 17.8 Å². The highest BCUT2D eigenvalue weighted by molar-refractivity contribution is 7.13. The van der Waals surface area contributed by atoms with E-state index in [2.05, 4.69) is 31.0 Å². The molecule has 3 rings (SSSR count). The molecule has 0 aliphatic carbocycles. The van der Waals surface area contributed by atoms with Gasteiger partial charge in [-0.05, 0) is 29.2 Å². The number of nitrogens with zero attached hydrogens (tertiary/aromatic N) is 1. The van der Waals surface area contributed by atoms with E-state index in [-0.39, 0.29) is 6.42 Å². The monoisotopic (exact) mass is 366 g/mol. The number of aliphatic carboxylic acids is 1. The van der Waals surface area contributed by atoms with Crippen molar-refractivity contribution in [2.24, 2.45) is 0 Å². The average molecular weight is 366 g/mol. The van der Waals surface area contributed by atoms with Crippen molar-refractivity contribution >= 4 is 17.3 Å². The van der Waals surface area contributed by atoms with Gasteiger partial charge in [-0.2, -0.15) is 0 Å². The van der Waals surface area contributed by atoms with Crippen LogP contribution in [0.15, 0.2) is 53.9 Å². The molecule has 3 aromatic rings. The first-order valence-electron chi connectivity index (χ1n) is 8.47. The fourth-order valence-electron chi connectivity index (χ4n) is 2.53. The van der Waals surface area contributed by atoms with E-state index in [0.29, 0.717) is 18.2 Å². The van der Waals surface area contributed by atoms with Crippen molar-refractivity contribution in [3.05, 3.63) is 70.7 Å². The number of hydrogen-bond acceptors (Lipinski definition) is 5. The van der Waals surface area contributed by atoms with E-state index in [1.54, 1.807) is 5.38 Å². The first-order chi connectivity index (χ1) is 12.5. The molecule has 2 aromatic carbocycles. The highest BCUT2D eigenvalue weighted by Crippen LogP contribution is 2.25. The van der Waals surface area contributed by atoms with Crippen LogP contribution in [0.4, 0.5) is 0 Å². The van der Waals surface area contributed by atoms with E-state index in [9.17, 15) is 9.90 Å². The van der Waals surface area contributed by atoms with E-state index in [0.717, 1.165) is 21.9 Å². The third-order valence-electron chi connectivity index (χ3n) is 4.03. The van der Waals surface area contributed by atoms with Gasteiger partial charge in [0.1, 0.15) is 17.4 Å². The van der Waals surface area contributed by atoms with Crippen LogP contribution in [0.2, 0.25) is 0 Å². The summed E-state index contributed by atoms with van der Waals surface area (Å²) >= 11 is 1.43. The summed E-state index contributed by atoms with van der Waals surface area (Å²) in [7, 11) is 0. The Hall–Kier alpha value is -2.66. The summed E-state index contributed by atoms with van der Waals surface area (Å²) in [5.74, 6) is 0.246. The van der Waals surface area contributed by atoms with E-state index in [1.807, 2.05) is 36.4 Å². The first-order valence-corrected chi connectivity index (χ1v) is 9.35. The number of ether oxygens (including phenoxy) is 1. The van der Waals surface area contributed by atoms with Crippen molar-refractivity contribution < 1.29 is 14.6 Å². The van der Waals surface area contributed by atoms with Crippen LogP contribution in [0.1, 0.15) is 36.6 Å². The molecular formula is C21H20NO3S-. The zero-order valence-corrected chi connectivity index (χ0v) is 15.6. The fraction of sp³-hybridized carbons (Fsp3) is 0.238. The summed E-state index contributed by atoms with van der Waals surface area (Å²) in [4.78, 5) is 15.0. The van der Waals surface area contributed by atoms with E-state index < -0.39 is 5.97 Å². The minimum Gasteiger partial charge on any atom is -0.550 e. The van der Waals surface area contributed by atoms with Gasteiger partial charge in [0.25, 0.3) is 0 Å². The largest absolute Gasteiger partial charge is 0.550 e. The molecule has 1 heterocycles. The van der Waals surface area contributed by atoms with E-state index >= 15 is 0 Å². The quantitative estimate of drug-likeness (QED) is 0.638. The second kappa shape index (κ2) is 8.15. The van der Waals surface area contributed by atoms with Crippen LogP contribution in [0.25, 0.3) is 10.6 Å². The van der Waals surface area contributed by atoms with E-state index in [1.165, 1.54) is 16.9 Å². The van der Waals surface area contributed by atoms with Crippen LogP contribution in [0, 0.1) is 0 Å². The normalized spacial score (nSPS) is 10.9. The molecule has 0 aliphatic rings. The second-order valence-electron chi connectivity index (χ2n) is 6.40. The zero-order valence-electron chi connectivity index (χ0n) is 14.8. The summed E-state index contributed by atoms with van der Waals surface area (Å²) < 4.78 is 5.84. The van der Waals surface area contributed by atoms with Gasteiger partial charge in [-0.1, -0.05) is 50.2 Å². The molecule has 0 bridgehead atoms. The summed E-state index contributed by atoms with van der Waals surface area (Å²) in [6, 6.07) is 16.1. The summed E-state index contributed by atoms with van der Waals surface area (Å²) in [6.07, 6.45) is -0.155.